The van der Waals surface area contributed by atoms with Gasteiger partial charge in [0.05, 0.1) is 12.6 Å². The van der Waals surface area contributed by atoms with Gasteiger partial charge in [0, 0.05) is 6.54 Å². The summed E-state index contributed by atoms with van der Waals surface area (Å²) >= 11 is 0. The molecule has 0 saturated carbocycles. The molecule has 1 aliphatic rings. The maximum Gasteiger partial charge on any atom is 0.234 e. The van der Waals surface area contributed by atoms with E-state index < -0.39 is 0 Å². The van der Waals surface area contributed by atoms with Crippen LogP contribution in [0.2, 0.25) is 0 Å². The van der Waals surface area contributed by atoms with Crippen LogP contribution < -0.4 is 5.32 Å². The normalized spacial score (nSPS) is 20.4. The number of carbonyl (C=O) groups excluding carboxylic acids is 1. The molecule has 1 fully saturated rings. The van der Waals surface area contributed by atoms with Crippen molar-refractivity contribution >= 4 is 5.91 Å². The lowest BCUT2D eigenvalue weighted by atomic mass is 10.0. The highest BCUT2D eigenvalue weighted by molar-refractivity contribution is 5.78. The average molecular weight is 265 g/mol. The van der Waals surface area contributed by atoms with Crippen LogP contribution in [0.4, 0.5) is 0 Å². The number of hydrogen-bond acceptors (Lipinski definition) is 4. The number of hydrogen-bond donors (Lipinski definition) is 2. The van der Waals surface area contributed by atoms with Gasteiger partial charge in [-0.25, -0.2) is 4.98 Å². The van der Waals surface area contributed by atoms with Crippen molar-refractivity contribution in [1.82, 2.24) is 25.4 Å². The molecule has 1 aliphatic heterocycles. The number of aromatic nitrogens is 3. The molecule has 1 amide bonds. The van der Waals surface area contributed by atoms with Crippen LogP contribution in [0.5, 0.6) is 0 Å². The summed E-state index contributed by atoms with van der Waals surface area (Å²) in [4.78, 5) is 18.3. The third-order valence-corrected chi connectivity index (χ3v) is 3.56. The Morgan fingerprint density at radius 2 is 2.47 bits per heavy atom. The van der Waals surface area contributed by atoms with E-state index in [0.717, 1.165) is 44.6 Å². The minimum atomic E-state index is 0.111. The number of piperidine rings is 1. The molecule has 1 atom stereocenters. The summed E-state index contributed by atoms with van der Waals surface area (Å²) in [6.45, 7) is 4.30. The van der Waals surface area contributed by atoms with Crippen molar-refractivity contribution in [3.63, 3.8) is 0 Å². The van der Waals surface area contributed by atoms with E-state index in [1.54, 1.807) is 0 Å². The number of unbranched alkanes of at least 4 members (excludes halogenated alkanes) is 1. The molecule has 2 N–H and O–H groups in total. The maximum atomic E-state index is 11.9. The molecule has 0 spiro atoms. The van der Waals surface area contributed by atoms with Crippen molar-refractivity contribution in [3.05, 3.63) is 12.2 Å². The van der Waals surface area contributed by atoms with E-state index in [-0.39, 0.29) is 11.9 Å². The number of H-pyrrole nitrogens is 1. The number of rotatable bonds is 6. The van der Waals surface area contributed by atoms with E-state index in [4.69, 9.17) is 0 Å². The van der Waals surface area contributed by atoms with Crippen LogP contribution in [0, 0.1) is 0 Å². The molecule has 0 aliphatic carbocycles. The van der Waals surface area contributed by atoms with E-state index in [1.807, 2.05) is 0 Å². The number of aromatic amines is 1. The average Bonchev–Trinajstić information content (AvgIpc) is 2.93. The Bertz CT molecular complexity index is 378. The maximum absolute atomic E-state index is 11.9. The van der Waals surface area contributed by atoms with Crippen LogP contribution in [-0.4, -0.2) is 45.6 Å². The smallest absolute Gasteiger partial charge is 0.234 e. The van der Waals surface area contributed by atoms with E-state index in [2.05, 4.69) is 32.3 Å². The lowest BCUT2D eigenvalue weighted by molar-refractivity contribution is -0.123. The zero-order chi connectivity index (χ0) is 13.5. The summed E-state index contributed by atoms with van der Waals surface area (Å²) in [5, 5.41) is 9.81. The van der Waals surface area contributed by atoms with Gasteiger partial charge in [0.2, 0.25) is 5.91 Å². The van der Waals surface area contributed by atoms with Crippen LogP contribution in [0.3, 0.4) is 0 Å². The molecule has 1 aromatic rings. The Balaban J connectivity index is 1.87. The first kappa shape index (κ1) is 14.0. The quantitative estimate of drug-likeness (QED) is 0.759. The van der Waals surface area contributed by atoms with Gasteiger partial charge >= 0.3 is 0 Å². The molecule has 0 radical (unpaired) electrons. The van der Waals surface area contributed by atoms with Gasteiger partial charge < -0.3 is 5.32 Å². The highest BCUT2D eigenvalue weighted by atomic mass is 16.2. The zero-order valence-electron chi connectivity index (χ0n) is 11.6. The van der Waals surface area contributed by atoms with Crippen molar-refractivity contribution in [2.24, 2.45) is 0 Å². The fraction of sp³-hybridized carbons (Fsp3) is 0.769. The minimum Gasteiger partial charge on any atom is -0.355 e. The van der Waals surface area contributed by atoms with Crippen LogP contribution in [0.15, 0.2) is 6.33 Å². The van der Waals surface area contributed by atoms with Gasteiger partial charge in [-0.3, -0.25) is 14.8 Å². The fourth-order valence-corrected chi connectivity index (χ4v) is 2.51. The predicted octanol–water partition coefficient (Wildman–Crippen LogP) is 1.25. The topological polar surface area (TPSA) is 73.9 Å². The molecular weight excluding hydrogens is 242 g/mol. The van der Waals surface area contributed by atoms with Crippen molar-refractivity contribution < 1.29 is 4.79 Å². The Morgan fingerprint density at radius 3 is 3.21 bits per heavy atom. The van der Waals surface area contributed by atoms with Crippen molar-refractivity contribution in [2.45, 2.75) is 45.1 Å². The first-order valence-electron chi connectivity index (χ1n) is 7.17. The van der Waals surface area contributed by atoms with Gasteiger partial charge in [-0.2, -0.15) is 5.10 Å². The van der Waals surface area contributed by atoms with Crippen molar-refractivity contribution in [2.75, 3.05) is 19.6 Å². The number of amides is 1. The molecule has 1 saturated heterocycles. The number of likely N-dealkylation sites (tertiary alicyclic amines) is 1. The van der Waals surface area contributed by atoms with Crippen molar-refractivity contribution in [3.8, 4) is 0 Å². The van der Waals surface area contributed by atoms with E-state index in [0.29, 0.717) is 6.54 Å². The Kier molecular flexibility index (Phi) is 5.32. The van der Waals surface area contributed by atoms with Gasteiger partial charge in [0.15, 0.2) is 0 Å². The number of nitrogens with zero attached hydrogens (tertiary/aromatic N) is 3. The Morgan fingerprint density at radius 1 is 1.58 bits per heavy atom. The molecule has 0 unspecified atom stereocenters. The summed E-state index contributed by atoms with van der Waals surface area (Å²) in [7, 11) is 0. The second-order valence-electron chi connectivity index (χ2n) is 5.06. The predicted molar refractivity (Wildman–Crippen MR) is 72.5 cm³/mol. The van der Waals surface area contributed by atoms with Gasteiger partial charge in [0.25, 0.3) is 0 Å². The molecule has 2 rings (SSSR count). The van der Waals surface area contributed by atoms with Gasteiger partial charge in [0.1, 0.15) is 12.2 Å². The Hall–Kier alpha value is -1.43. The lowest BCUT2D eigenvalue weighted by Gasteiger charge is -2.33. The Labute approximate surface area is 114 Å². The second-order valence-corrected chi connectivity index (χ2v) is 5.06. The van der Waals surface area contributed by atoms with Crippen LogP contribution in [0.25, 0.3) is 0 Å². The molecule has 0 aromatic carbocycles. The van der Waals surface area contributed by atoms with E-state index in [9.17, 15) is 4.79 Å². The standard InChI is InChI=1S/C13H23N5O/c1-2-3-7-14-12(19)9-18-8-5-4-6-11(18)13-15-10-16-17-13/h10-11H,2-9H2,1H3,(H,14,19)(H,15,16,17)/t11-/m1/s1. The lowest BCUT2D eigenvalue weighted by Crippen LogP contribution is -2.42. The summed E-state index contributed by atoms with van der Waals surface area (Å²) in [5.41, 5.74) is 0. The second kappa shape index (κ2) is 7.23. The molecule has 6 nitrogen and oxygen atoms in total. The third kappa shape index (κ3) is 4.02. The molecule has 106 valence electrons. The minimum absolute atomic E-state index is 0.111. The fourth-order valence-electron chi connectivity index (χ4n) is 2.51. The first-order chi connectivity index (χ1) is 9.31. The summed E-state index contributed by atoms with van der Waals surface area (Å²) in [6, 6.07) is 0.202. The molecular formula is C13H23N5O. The number of nitrogens with one attached hydrogen (secondary N) is 2. The summed E-state index contributed by atoms with van der Waals surface area (Å²) in [6.07, 6.45) is 7.04. The SMILES string of the molecule is CCCCNC(=O)CN1CCCC[C@@H]1c1ncn[nH]1. The van der Waals surface area contributed by atoms with E-state index >= 15 is 0 Å². The number of carbonyl (C=O) groups is 1. The molecule has 19 heavy (non-hydrogen) atoms. The van der Waals surface area contributed by atoms with Crippen LogP contribution >= 0.6 is 0 Å². The highest BCUT2D eigenvalue weighted by Crippen LogP contribution is 2.27. The van der Waals surface area contributed by atoms with Gasteiger partial charge in [-0.1, -0.05) is 19.8 Å². The van der Waals surface area contributed by atoms with Crippen LogP contribution in [-0.2, 0) is 4.79 Å². The summed E-state index contributed by atoms with van der Waals surface area (Å²) in [5.74, 6) is 0.987. The zero-order valence-corrected chi connectivity index (χ0v) is 11.6. The highest BCUT2D eigenvalue weighted by Gasteiger charge is 2.27. The molecule has 2 heterocycles. The van der Waals surface area contributed by atoms with Gasteiger partial charge in [-0.05, 0) is 25.8 Å². The summed E-state index contributed by atoms with van der Waals surface area (Å²) < 4.78 is 0. The molecule has 1 aromatic heterocycles. The molecule has 6 heteroatoms. The third-order valence-electron chi connectivity index (χ3n) is 3.56. The largest absolute Gasteiger partial charge is 0.355 e. The molecule has 0 bridgehead atoms. The van der Waals surface area contributed by atoms with Gasteiger partial charge in [-0.15, -0.1) is 0 Å². The monoisotopic (exact) mass is 265 g/mol. The first-order valence-corrected chi connectivity index (χ1v) is 7.17. The van der Waals surface area contributed by atoms with E-state index in [1.165, 1.54) is 12.7 Å². The van der Waals surface area contributed by atoms with Crippen molar-refractivity contribution in [1.29, 1.82) is 0 Å². The van der Waals surface area contributed by atoms with Crippen LogP contribution in [0.1, 0.15) is 50.9 Å².